The predicted octanol–water partition coefficient (Wildman–Crippen LogP) is 1.55. The van der Waals surface area contributed by atoms with Gasteiger partial charge in [0.25, 0.3) is 10.0 Å². The van der Waals surface area contributed by atoms with Crippen molar-refractivity contribution in [1.82, 2.24) is 14.6 Å². The van der Waals surface area contributed by atoms with Crippen LogP contribution in [0.1, 0.15) is 23.5 Å². The van der Waals surface area contributed by atoms with Crippen molar-refractivity contribution in [2.75, 3.05) is 20.1 Å². The van der Waals surface area contributed by atoms with E-state index in [4.69, 9.17) is 0 Å². The van der Waals surface area contributed by atoms with Gasteiger partial charge in [0, 0.05) is 19.1 Å². The van der Waals surface area contributed by atoms with Crippen molar-refractivity contribution in [3.05, 3.63) is 10.7 Å². The number of nitrogens with zero attached hydrogens (tertiary/aromatic N) is 2. The van der Waals surface area contributed by atoms with Crippen LogP contribution in [0.25, 0.3) is 0 Å². The van der Waals surface area contributed by atoms with Gasteiger partial charge in [0.2, 0.25) is 0 Å². The van der Waals surface area contributed by atoms with E-state index < -0.39 is 10.0 Å². The molecule has 2 rings (SSSR count). The molecule has 1 aliphatic rings. The number of sulfonamides is 1. The minimum Gasteiger partial charge on any atom is -0.317 e. The van der Waals surface area contributed by atoms with Crippen molar-refractivity contribution in [3.63, 3.8) is 0 Å². The SMILES string of the molecule is CNC1CCN(S(=O)(=O)c2sc(C)nc2C)CC1.Cl. The van der Waals surface area contributed by atoms with E-state index in [1.807, 2.05) is 14.0 Å². The number of halogens is 1. The average Bonchev–Trinajstić information content (AvgIpc) is 2.69. The Labute approximate surface area is 124 Å². The zero-order valence-electron chi connectivity index (χ0n) is 11.3. The van der Waals surface area contributed by atoms with Gasteiger partial charge in [-0.15, -0.1) is 23.7 Å². The molecule has 0 radical (unpaired) electrons. The molecule has 110 valence electrons. The molecule has 1 N–H and O–H groups in total. The summed E-state index contributed by atoms with van der Waals surface area (Å²) in [4.78, 5) is 4.20. The summed E-state index contributed by atoms with van der Waals surface area (Å²) in [5.41, 5.74) is 0.619. The second-order valence-corrected chi connectivity index (χ2v) is 7.91. The highest BCUT2D eigenvalue weighted by Gasteiger charge is 2.31. The summed E-state index contributed by atoms with van der Waals surface area (Å²) in [5, 5.41) is 4.00. The highest BCUT2D eigenvalue weighted by Crippen LogP contribution is 2.28. The minimum absolute atomic E-state index is 0. The smallest absolute Gasteiger partial charge is 0.254 e. The molecule has 5 nitrogen and oxygen atoms in total. The van der Waals surface area contributed by atoms with Gasteiger partial charge < -0.3 is 5.32 Å². The molecule has 0 spiro atoms. The molecule has 2 heterocycles. The first kappa shape index (κ1) is 16.8. The second kappa shape index (κ2) is 6.49. The molecule has 0 saturated carbocycles. The van der Waals surface area contributed by atoms with Crippen molar-refractivity contribution < 1.29 is 8.42 Å². The van der Waals surface area contributed by atoms with Gasteiger partial charge in [-0.1, -0.05) is 0 Å². The van der Waals surface area contributed by atoms with Crippen LogP contribution in [0.15, 0.2) is 4.21 Å². The van der Waals surface area contributed by atoms with Crippen molar-refractivity contribution in [3.8, 4) is 0 Å². The molecular formula is C11H20ClN3O2S2. The van der Waals surface area contributed by atoms with E-state index in [1.165, 1.54) is 11.3 Å². The summed E-state index contributed by atoms with van der Waals surface area (Å²) in [6.45, 7) is 4.77. The van der Waals surface area contributed by atoms with E-state index >= 15 is 0 Å². The van der Waals surface area contributed by atoms with Crippen LogP contribution in [0.3, 0.4) is 0 Å². The molecular weight excluding hydrogens is 306 g/mol. The van der Waals surface area contributed by atoms with Crippen LogP contribution >= 0.6 is 23.7 Å². The Kier molecular flexibility index (Phi) is 5.76. The van der Waals surface area contributed by atoms with Crippen LogP contribution in [0, 0.1) is 13.8 Å². The molecule has 0 amide bonds. The van der Waals surface area contributed by atoms with Crippen LogP contribution in [-0.2, 0) is 10.0 Å². The summed E-state index contributed by atoms with van der Waals surface area (Å²) in [5.74, 6) is 0. The molecule has 0 unspecified atom stereocenters. The minimum atomic E-state index is -3.34. The first-order valence-corrected chi connectivity index (χ1v) is 8.32. The van der Waals surface area contributed by atoms with Gasteiger partial charge >= 0.3 is 0 Å². The maximum Gasteiger partial charge on any atom is 0.254 e. The van der Waals surface area contributed by atoms with Crippen LogP contribution in [0.2, 0.25) is 0 Å². The lowest BCUT2D eigenvalue weighted by Crippen LogP contribution is -2.43. The largest absolute Gasteiger partial charge is 0.317 e. The molecule has 1 aromatic rings. The Morgan fingerprint density at radius 1 is 1.32 bits per heavy atom. The van der Waals surface area contributed by atoms with Gasteiger partial charge in [0.05, 0.1) is 10.7 Å². The van der Waals surface area contributed by atoms with Crippen molar-refractivity contribution >= 4 is 33.8 Å². The fourth-order valence-electron chi connectivity index (χ4n) is 2.25. The molecule has 1 saturated heterocycles. The van der Waals surface area contributed by atoms with Gasteiger partial charge in [-0.2, -0.15) is 4.31 Å². The van der Waals surface area contributed by atoms with Gasteiger partial charge in [-0.05, 0) is 33.7 Å². The standard InChI is InChI=1S/C11H19N3O2S2.ClH/c1-8-11(17-9(2)13-8)18(15,16)14-6-4-10(12-3)5-7-14;/h10,12H,4-7H2,1-3H3;1H. The third-order valence-corrected chi connectivity index (χ3v) is 6.86. The number of thiazole rings is 1. The predicted molar refractivity (Wildman–Crippen MR) is 79.7 cm³/mol. The first-order chi connectivity index (χ1) is 8.45. The van der Waals surface area contributed by atoms with E-state index in [0.29, 0.717) is 29.0 Å². The summed E-state index contributed by atoms with van der Waals surface area (Å²) < 4.78 is 27.0. The Hall–Kier alpha value is -0.210. The van der Waals surface area contributed by atoms with Crippen LogP contribution in [0.4, 0.5) is 0 Å². The lowest BCUT2D eigenvalue weighted by atomic mass is 10.1. The maximum absolute atomic E-state index is 12.5. The molecule has 0 bridgehead atoms. The van der Waals surface area contributed by atoms with Gasteiger partial charge in [-0.3, -0.25) is 0 Å². The van der Waals surface area contributed by atoms with Crippen LogP contribution in [0.5, 0.6) is 0 Å². The maximum atomic E-state index is 12.5. The molecule has 0 aliphatic carbocycles. The Morgan fingerprint density at radius 3 is 2.32 bits per heavy atom. The van der Waals surface area contributed by atoms with E-state index in [-0.39, 0.29) is 12.4 Å². The molecule has 1 fully saturated rings. The van der Waals surface area contributed by atoms with Gasteiger partial charge in [0.1, 0.15) is 0 Å². The summed E-state index contributed by atoms with van der Waals surface area (Å²) in [6.07, 6.45) is 1.74. The quantitative estimate of drug-likeness (QED) is 0.916. The summed E-state index contributed by atoms with van der Waals surface area (Å²) in [6, 6.07) is 0.431. The number of rotatable bonds is 3. The fourth-order valence-corrected chi connectivity index (χ4v) is 5.34. The average molecular weight is 326 g/mol. The van der Waals surface area contributed by atoms with E-state index in [2.05, 4.69) is 10.3 Å². The highest BCUT2D eigenvalue weighted by molar-refractivity contribution is 7.91. The second-order valence-electron chi connectivity index (χ2n) is 4.57. The number of piperidine rings is 1. The van der Waals surface area contributed by atoms with Crippen LogP contribution in [-0.4, -0.2) is 43.9 Å². The summed E-state index contributed by atoms with van der Waals surface area (Å²) in [7, 11) is -1.42. The zero-order chi connectivity index (χ0) is 13.3. The first-order valence-electron chi connectivity index (χ1n) is 6.06. The molecule has 0 aromatic carbocycles. The molecule has 1 aliphatic heterocycles. The lowest BCUT2D eigenvalue weighted by Gasteiger charge is -2.30. The number of aryl methyl sites for hydroxylation is 2. The molecule has 8 heteroatoms. The normalized spacial score (nSPS) is 18.3. The monoisotopic (exact) mass is 325 g/mol. The number of aromatic nitrogens is 1. The lowest BCUT2D eigenvalue weighted by molar-refractivity contribution is 0.299. The molecule has 0 atom stereocenters. The number of hydrogen-bond donors (Lipinski definition) is 1. The van der Waals surface area contributed by atoms with E-state index in [0.717, 1.165) is 17.8 Å². The third-order valence-electron chi connectivity index (χ3n) is 3.30. The van der Waals surface area contributed by atoms with E-state index in [9.17, 15) is 8.42 Å². The Bertz CT molecular complexity index is 522. The van der Waals surface area contributed by atoms with Crippen molar-refractivity contribution in [2.24, 2.45) is 0 Å². The summed E-state index contributed by atoms with van der Waals surface area (Å²) >= 11 is 1.27. The van der Waals surface area contributed by atoms with Crippen LogP contribution < -0.4 is 5.32 Å². The molecule has 19 heavy (non-hydrogen) atoms. The number of nitrogens with one attached hydrogen (secondary N) is 1. The fraction of sp³-hybridized carbons (Fsp3) is 0.727. The highest BCUT2D eigenvalue weighted by atomic mass is 35.5. The number of hydrogen-bond acceptors (Lipinski definition) is 5. The topological polar surface area (TPSA) is 62.3 Å². The van der Waals surface area contributed by atoms with Gasteiger partial charge in [-0.25, -0.2) is 13.4 Å². The van der Waals surface area contributed by atoms with Gasteiger partial charge in [0.15, 0.2) is 4.21 Å². The van der Waals surface area contributed by atoms with Crippen molar-refractivity contribution in [2.45, 2.75) is 36.9 Å². The Morgan fingerprint density at radius 2 is 1.89 bits per heavy atom. The van der Waals surface area contributed by atoms with E-state index in [1.54, 1.807) is 11.2 Å². The third kappa shape index (κ3) is 3.46. The zero-order valence-corrected chi connectivity index (χ0v) is 13.8. The molecule has 1 aromatic heterocycles. The Balaban J connectivity index is 0.00000180. The van der Waals surface area contributed by atoms with Crippen molar-refractivity contribution in [1.29, 1.82) is 0 Å².